The summed E-state index contributed by atoms with van der Waals surface area (Å²) in [6.45, 7) is 1.86. The number of methoxy groups -OCH3 is 1. The van der Waals surface area contributed by atoms with Crippen molar-refractivity contribution in [2.24, 2.45) is 0 Å². The third-order valence-electron chi connectivity index (χ3n) is 2.43. The highest BCUT2D eigenvalue weighted by molar-refractivity contribution is 6.33. The SMILES string of the molecule is COc1ccc(-c2n[nH]c(C)c2N)c(Cl)c1. The normalized spacial score (nSPS) is 10.4. The number of nitrogen functional groups attached to an aromatic ring is 1. The Morgan fingerprint density at radius 2 is 2.19 bits per heavy atom. The molecule has 0 spiro atoms. The van der Waals surface area contributed by atoms with E-state index in [2.05, 4.69) is 10.2 Å². The van der Waals surface area contributed by atoms with E-state index in [4.69, 9.17) is 22.1 Å². The summed E-state index contributed by atoms with van der Waals surface area (Å²) in [7, 11) is 1.60. The fraction of sp³-hybridized carbons (Fsp3) is 0.182. The van der Waals surface area contributed by atoms with E-state index in [-0.39, 0.29) is 0 Å². The minimum absolute atomic E-state index is 0.567. The molecule has 5 heteroatoms. The lowest BCUT2D eigenvalue weighted by atomic mass is 10.1. The van der Waals surface area contributed by atoms with Crippen LogP contribution in [0.25, 0.3) is 11.3 Å². The Morgan fingerprint density at radius 1 is 1.44 bits per heavy atom. The number of anilines is 1. The molecular weight excluding hydrogens is 226 g/mol. The van der Waals surface area contributed by atoms with Gasteiger partial charge in [-0.05, 0) is 25.1 Å². The zero-order valence-corrected chi connectivity index (χ0v) is 9.80. The Hall–Kier alpha value is -1.68. The van der Waals surface area contributed by atoms with E-state index >= 15 is 0 Å². The first-order valence-corrected chi connectivity index (χ1v) is 5.15. The van der Waals surface area contributed by atoms with E-state index in [1.54, 1.807) is 13.2 Å². The molecule has 0 saturated heterocycles. The van der Waals surface area contributed by atoms with Crippen molar-refractivity contribution in [2.45, 2.75) is 6.92 Å². The zero-order chi connectivity index (χ0) is 11.7. The van der Waals surface area contributed by atoms with Gasteiger partial charge in [0.25, 0.3) is 0 Å². The van der Waals surface area contributed by atoms with Gasteiger partial charge < -0.3 is 10.5 Å². The number of benzene rings is 1. The highest BCUT2D eigenvalue weighted by Crippen LogP contribution is 2.33. The van der Waals surface area contributed by atoms with Gasteiger partial charge in [-0.25, -0.2) is 0 Å². The molecule has 0 unspecified atom stereocenters. The van der Waals surface area contributed by atoms with Crippen LogP contribution in [0.2, 0.25) is 5.02 Å². The van der Waals surface area contributed by atoms with Crippen molar-refractivity contribution >= 4 is 17.3 Å². The zero-order valence-electron chi connectivity index (χ0n) is 9.04. The molecular formula is C11H12ClN3O. The Bertz CT molecular complexity index is 522. The third kappa shape index (κ3) is 1.72. The second-order valence-corrected chi connectivity index (χ2v) is 3.86. The van der Waals surface area contributed by atoms with Gasteiger partial charge in [-0.15, -0.1) is 0 Å². The number of H-pyrrole nitrogens is 1. The van der Waals surface area contributed by atoms with E-state index in [0.29, 0.717) is 22.2 Å². The van der Waals surface area contributed by atoms with Crippen molar-refractivity contribution < 1.29 is 4.74 Å². The quantitative estimate of drug-likeness (QED) is 0.844. The van der Waals surface area contributed by atoms with Crippen molar-refractivity contribution in [3.05, 3.63) is 28.9 Å². The molecule has 1 aromatic carbocycles. The highest BCUT2D eigenvalue weighted by Gasteiger charge is 2.12. The molecule has 0 fully saturated rings. The van der Waals surface area contributed by atoms with Gasteiger partial charge in [0.2, 0.25) is 0 Å². The summed E-state index contributed by atoms with van der Waals surface area (Å²) in [5, 5.41) is 7.52. The highest BCUT2D eigenvalue weighted by atomic mass is 35.5. The van der Waals surface area contributed by atoms with Gasteiger partial charge in [0.15, 0.2) is 0 Å². The van der Waals surface area contributed by atoms with Gasteiger partial charge >= 0.3 is 0 Å². The van der Waals surface area contributed by atoms with Crippen molar-refractivity contribution in [1.29, 1.82) is 0 Å². The first-order chi connectivity index (χ1) is 7.63. The lowest BCUT2D eigenvalue weighted by Crippen LogP contribution is -1.90. The molecule has 2 aromatic rings. The third-order valence-corrected chi connectivity index (χ3v) is 2.74. The number of halogens is 1. The first kappa shape index (κ1) is 10.8. The van der Waals surface area contributed by atoms with Gasteiger partial charge in [-0.2, -0.15) is 5.10 Å². The summed E-state index contributed by atoms with van der Waals surface area (Å²) < 4.78 is 5.08. The number of hydrogen-bond donors (Lipinski definition) is 2. The van der Waals surface area contributed by atoms with Gasteiger partial charge in [0.05, 0.1) is 23.5 Å². The van der Waals surface area contributed by atoms with Gasteiger partial charge in [-0.1, -0.05) is 11.6 Å². The summed E-state index contributed by atoms with van der Waals surface area (Å²) in [6, 6.07) is 5.40. The summed E-state index contributed by atoms with van der Waals surface area (Å²) in [6.07, 6.45) is 0. The maximum atomic E-state index is 6.13. The molecule has 0 radical (unpaired) electrons. The molecule has 0 aliphatic carbocycles. The van der Waals surface area contributed by atoms with Gasteiger partial charge in [0.1, 0.15) is 11.4 Å². The Morgan fingerprint density at radius 3 is 2.69 bits per heavy atom. The van der Waals surface area contributed by atoms with Crippen molar-refractivity contribution in [1.82, 2.24) is 10.2 Å². The second kappa shape index (κ2) is 4.06. The molecule has 3 N–H and O–H groups in total. The number of aromatic nitrogens is 2. The standard InChI is InChI=1S/C11H12ClN3O/c1-6-10(13)11(15-14-6)8-4-3-7(16-2)5-9(8)12/h3-5H,13H2,1-2H3,(H,14,15). The molecule has 84 valence electrons. The summed E-state index contributed by atoms with van der Waals surface area (Å²) >= 11 is 6.13. The molecule has 4 nitrogen and oxygen atoms in total. The molecule has 0 bridgehead atoms. The number of hydrogen-bond acceptors (Lipinski definition) is 3. The van der Waals surface area contributed by atoms with Crippen LogP contribution in [0.15, 0.2) is 18.2 Å². The van der Waals surface area contributed by atoms with Crippen LogP contribution in [-0.4, -0.2) is 17.3 Å². The van der Waals surface area contributed by atoms with Crippen LogP contribution in [0.3, 0.4) is 0 Å². The lowest BCUT2D eigenvalue weighted by molar-refractivity contribution is 0.415. The smallest absolute Gasteiger partial charge is 0.120 e. The average Bonchev–Trinajstić information content (AvgIpc) is 2.60. The molecule has 16 heavy (non-hydrogen) atoms. The van der Waals surface area contributed by atoms with E-state index in [0.717, 1.165) is 11.3 Å². The van der Waals surface area contributed by atoms with Crippen LogP contribution in [0.4, 0.5) is 5.69 Å². The minimum Gasteiger partial charge on any atom is -0.497 e. The number of ether oxygens (including phenoxy) is 1. The minimum atomic E-state index is 0.567. The number of aromatic amines is 1. The molecule has 0 aliphatic rings. The summed E-state index contributed by atoms with van der Waals surface area (Å²) in [4.78, 5) is 0. The molecule has 1 heterocycles. The lowest BCUT2D eigenvalue weighted by Gasteiger charge is -2.05. The van der Waals surface area contributed by atoms with E-state index in [9.17, 15) is 0 Å². The number of aryl methyl sites for hydroxylation is 1. The van der Waals surface area contributed by atoms with E-state index in [1.807, 2.05) is 19.1 Å². The van der Waals surface area contributed by atoms with Gasteiger partial charge in [-0.3, -0.25) is 5.10 Å². The molecule has 0 aliphatic heterocycles. The van der Waals surface area contributed by atoms with Crippen LogP contribution in [-0.2, 0) is 0 Å². The average molecular weight is 238 g/mol. The molecule has 1 aromatic heterocycles. The number of nitrogens with zero attached hydrogens (tertiary/aromatic N) is 1. The fourth-order valence-electron chi connectivity index (χ4n) is 1.46. The predicted octanol–water partition coefficient (Wildman–Crippen LogP) is 2.63. The predicted molar refractivity (Wildman–Crippen MR) is 64.7 cm³/mol. The van der Waals surface area contributed by atoms with Crippen LogP contribution in [0, 0.1) is 6.92 Å². The fourth-order valence-corrected chi connectivity index (χ4v) is 1.72. The maximum absolute atomic E-state index is 6.13. The van der Waals surface area contributed by atoms with Crippen LogP contribution in [0.5, 0.6) is 5.75 Å². The van der Waals surface area contributed by atoms with Crippen molar-refractivity contribution in [3.8, 4) is 17.0 Å². The van der Waals surface area contributed by atoms with Crippen LogP contribution < -0.4 is 10.5 Å². The largest absolute Gasteiger partial charge is 0.497 e. The van der Waals surface area contributed by atoms with E-state index < -0.39 is 0 Å². The second-order valence-electron chi connectivity index (χ2n) is 3.46. The van der Waals surface area contributed by atoms with Crippen molar-refractivity contribution in [2.75, 3.05) is 12.8 Å². The maximum Gasteiger partial charge on any atom is 0.120 e. The van der Waals surface area contributed by atoms with Crippen LogP contribution in [0.1, 0.15) is 5.69 Å². The number of rotatable bonds is 2. The van der Waals surface area contributed by atoms with Crippen LogP contribution >= 0.6 is 11.6 Å². The van der Waals surface area contributed by atoms with Crippen molar-refractivity contribution in [3.63, 3.8) is 0 Å². The molecule has 0 amide bonds. The number of nitrogens with two attached hydrogens (primary N) is 1. The molecule has 2 rings (SSSR count). The monoisotopic (exact) mass is 237 g/mol. The first-order valence-electron chi connectivity index (χ1n) is 4.78. The Balaban J connectivity index is 2.52. The summed E-state index contributed by atoms with van der Waals surface area (Å²) in [5.74, 6) is 0.708. The van der Waals surface area contributed by atoms with E-state index in [1.165, 1.54) is 0 Å². The Kier molecular flexibility index (Phi) is 2.75. The summed E-state index contributed by atoms with van der Waals surface area (Å²) in [5.41, 5.74) is 8.81. The number of nitrogens with one attached hydrogen (secondary N) is 1. The van der Waals surface area contributed by atoms with Gasteiger partial charge in [0, 0.05) is 5.56 Å². The Labute approximate surface area is 98.4 Å². The molecule has 0 saturated carbocycles. The molecule has 0 atom stereocenters. The topological polar surface area (TPSA) is 63.9 Å².